The Morgan fingerprint density at radius 3 is 2.41 bits per heavy atom. The quantitative estimate of drug-likeness (QED) is 0.771. The summed E-state index contributed by atoms with van der Waals surface area (Å²) in [5.41, 5.74) is -0.198. The highest BCUT2D eigenvalue weighted by Gasteiger charge is 2.29. The molecule has 2 aromatic rings. The average molecular weight is 371 g/mol. The highest BCUT2D eigenvalue weighted by Crippen LogP contribution is 2.22. The topological polar surface area (TPSA) is 81.5 Å². The molecular formula is C20H25N3O4. The number of carbonyl (C=O) groups excluding carboxylic acids is 2. The molecule has 1 amide bonds. The van der Waals surface area contributed by atoms with Crippen LogP contribution in [0.2, 0.25) is 0 Å². The SMILES string of the molecule is CCn1nc(C(=O)OCC(=O)N2[C@@H](C)CCC[C@@H]2C)c2ccccc2c1=O. The third-order valence-electron chi connectivity index (χ3n) is 5.17. The van der Waals surface area contributed by atoms with Crippen LogP contribution in [0.15, 0.2) is 29.1 Å². The van der Waals surface area contributed by atoms with Crippen molar-refractivity contribution in [2.45, 2.75) is 58.7 Å². The number of esters is 1. The Balaban J connectivity index is 1.81. The summed E-state index contributed by atoms with van der Waals surface area (Å²) in [6.07, 6.45) is 3.01. The van der Waals surface area contributed by atoms with Gasteiger partial charge in [0.15, 0.2) is 12.3 Å². The summed E-state index contributed by atoms with van der Waals surface area (Å²) in [6, 6.07) is 7.07. The van der Waals surface area contributed by atoms with E-state index in [2.05, 4.69) is 5.10 Å². The largest absolute Gasteiger partial charge is 0.451 e. The Labute approximate surface area is 157 Å². The fourth-order valence-corrected chi connectivity index (χ4v) is 3.78. The molecule has 1 saturated heterocycles. The van der Waals surface area contributed by atoms with Crippen LogP contribution in [-0.2, 0) is 16.1 Å². The second-order valence-electron chi connectivity index (χ2n) is 7.02. The third kappa shape index (κ3) is 3.72. The Morgan fingerprint density at radius 1 is 1.15 bits per heavy atom. The van der Waals surface area contributed by atoms with E-state index in [0.29, 0.717) is 17.3 Å². The lowest BCUT2D eigenvalue weighted by Crippen LogP contribution is -2.49. The van der Waals surface area contributed by atoms with E-state index in [-0.39, 0.29) is 35.9 Å². The number of aromatic nitrogens is 2. The minimum atomic E-state index is -0.695. The number of hydrogen-bond donors (Lipinski definition) is 0. The Kier molecular flexibility index (Phi) is 5.58. The molecule has 0 unspecified atom stereocenters. The Morgan fingerprint density at radius 2 is 1.78 bits per heavy atom. The molecule has 27 heavy (non-hydrogen) atoms. The lowest BCUT2D eigenvalue weighted by molar-refractivity contribution is -0.140. The van der Waals surface area contributed by atoms with Gasteiger partial charge in [-0.15, -0.1) is 0 Å². The average Bonchev–Trinajstić information content (AvgIpc) is 2.66. The Hall–Kier alpha value is -2.70. The smallest absolute Gasteiger partial charge is 0.359 e. The van der Waals surface area contributed by atoms with E-state index >= 15 is 0 Å². The van der Waals surface area contributed by atoms with E-state index in [1.54, 1.807) is 36.1 Å². The molecule has 0 N–H and O–H groups in total. The van der Waals surface area contributed by atoms with Gasteiger partial charge in [0.25, 0.3) is 11.5 Å². The number of amides is 1. The molecule has 1 aliphatic rings. The number of nitrogens with zero attached hydrogens (tertiary/aromatic N) is 3. The van der Waals surface area contributed by atoms with Crippen molar-refractivity contribution in [3.05, 3.63) is 40.3 Å². The van der Waals surface area contributed by atoms with E-state index in [9.17, 15) is 14.4 Å². The van der Waals surface area contributed by atoms with Crippen LogP contribution in [-0.4, -0.2) is 45.2 Å². The van der Waals surface area contributed by atoms with Crippen LogP contribution in [0.4, 0.5) is 0 Å². The van der Waals surface area contributed by atoms with Crippen LogP contribution in [0.5, 0.6) is 0 Å². The van der Waals surface area contributed by atoms with E-state index in [1.807, 2.05) is 13.8 Å². The van der Waals surface area contributed by atoms with Crippen molar-refractivity contribution in [1.82, 2.24) is 14.7 Å². The zero-order chi connectivity index (χ0) is 19.6. The minimum absolute atomic E-state index is 0.0552. The molecule has 3 rings (SSSR count). The maximum atomic E-state index is 12.6. The summed E-state index contributed by atoms with van der Waals surface area (Å²) in [7, 11) is 0. The van der Waals surface area contributed by atoms with Crippen molar-refractivity contribution >= 4 is 22.6 Å². The van der Waals surface area contributed by atoms with Crippen molar-refractivity contribution in [1.29, 1.82) is 0 Å². The molecular weight excluding hydrogens is 346 g/mol. The monoisotopic (exact) mass is 371 g/mol. The highest BCUT2D eigenvalue weighted by atomic mass is 16.5. The molecule has 7 heteroatoms. The first-order chi connectivity index (χ1) is 12.9. The fraction of sp³-hybridized carbons (Fsp3) is 0.500. The van der Waals surface area contributed by atoms with Crippen LogP contribution < -0.4 is 5.56 Å². The molecule has 0 aliphatic carbocycles. The van der Waals surface area contributed by atoms with E-state index in [4.69, 9.17) is 4.74 Å². The Bertz CT molecular complexity index is 911. The molecule has 0 radical (unpaired) electrons. The molecule has 1 aromatic carbocycles. The van der Waals surface area contributed by atoms with Gasteiger partial charge in [-0.1, -0.05) is 18.2 Å². The minimum Gasteiger partial charge on any atom is -0.451 e. The first kappa shape index (κ1) is 19.1. The summed E-state index contributed by atoms with van der Waals surface area (Å²) in [5.74, 6) is -0.893. The molecule has 7 nitrogen and oxygen atoms in total. The number of hydrogen-bond acceptors (Lipinski definition) is 5. The number of likely N-dealkylation sites (tertiary alicyclic amines) is 1. The van der Waals surface area contributed by atoms with Crippen LogP contribution in [0.3, 0.4) is 0 Å². The summed E-state index contributed by atoms with van der Waals surface area (Å²) < 4.78 is 6.51. The molecule has 0 bridgehead atoms. The molecule has 144 valence electrons. The van der Waals surface area contributed by atoms with Gasteiger partial charge in [-0.3, -0.25) is 9.59 Å². The fourth-order valence-electron chi connectivity index (χ4n) is 3.78. The molecule has 2 atom stereocenters. The predicted molar refractivity (Wildman–Crippen MR) is 102 cm³/mol. The zero-order valence-electron chi connectivity index (χ0n) is 16.0. The molecule has 2 heterocycles. The molecule has 1 fully saturated rings. The highest BCUT2D eigenvalue weighted by molar-refractivity contribution is 6.02. The van der Waals surface area contributed by atoms with Crippen LogP contribution >= 0.6 is 0 Å². The predicted octanol–water partition coefficient (Wildman–Crippen LogP) is 2.36. The maximum absolute atomic E-state index is 12.6. The summed E-state index contributed by atoms with van der Waals surface area (Å²) in [6.45, 7) is 5.82. The third-order valence-corrected chi connectivity index (χ3v) is 5.17. The van der Waals surface area contributed by atoms with Crippen molar-refractivity contribution in [3.63, 3.8) is 0 Å². The second kappa shape index (κ2) is 7.90. The number of ether oxygens (including phenoxy) is 1. The summed E-state index contributed by atoms with van der Waals surface area (Å²) in [5, 5.41) is 4.99. The summed E-state index contributed by atoms with van der Waals surface area (Å²) in [4.78, 5) is 39.4. The molecule has 1 aliphatic heterocycles. The normalized spacial score (nSPS) is 19.9. The van der Waals surface area contributed by atoms with Crippen LogP contribution in [0.1, 0.15) is 50.5 Å². The van der Waals surface area contributed by atoms with Gasteiger partial charge in [0, 0.05) is 24.0 Å². The number of fused-ring (bicyclic) bond motifs is 1. The van der Waals surface area contributed by atoms with Gasteiger partial charge < -0.3 is 9.64 Å². The van der Waals surface area contributed by atoms with Gasteiger partial charge in [0.1, 0.15) is 0 Å². The number of piperidine rings is 1. The molecule has 1 aromatic heterocycles. The first-order valence-corrected chi connectivity index (χ1v) is 9.42. The van der Waals surface area contributed by atoms with E-state index < -0.39 is 5.97 Å². The lowest BCUT2D eigenvalue weighted by Gasteiger charge is -2.38. The number of carbonyl (C=O) groups is 2. The number of rotatable bonds is 4. The van der Waals surface area contributed by atoms with Gasteiger partial charge in [0.2, 0.25) is 0 Å². The van der Waals surface area contributed by atoms with Crippen molar-refractivity contribution in [2.24, 2.45) is 0 Å². The maximum Gasteiger partial charge on any atom is 0.359 e. The van der Waals surface area contributed by atoms with Crippen molar-refractivity contribution < 1.29 is 14.3 Å². The standard InChI is InChI=1S/C20H25N3O4/c1-4-22-19(25)16-11-6-5-10-15(16)18(21-22)20(26)27-12-17(24)23-13(2)8-7-9-14(23)3/h5-6,10-11,13-14H,4,7-9,12H2,1-3H3/t13-,14-/m0/s1. The molecule has 0 spiro atoms. The summed E-state index contributed by atoms with van der Waals surface area (Å²) >= 11 is 0. The number of benzene rings is 1. The van der Waals surface area contributed by atoms with E-state index in [0.717, 1.165) is 19.3 Å². The van der Waals surface area contributed by atoms with Gasteiger partial charge in [-0.25, -0.2) is 9.48 Å². The van der Waals surface area contributed by atoms with Crippen LogP contribution in [0.25, 0.3) is 10.8 Å². The zero-order valence-corrected chi connectivity index (χ0v) is 16.0. The van der Waals surface area contributed by atoms with Gasteiger partial charge >= 0.3 is 5.97 Å². The van der Waals surface area contributed by atoms with Crippen molar-refractivity contribution in [3.8, 4) is 0 Å². The lowest BCUT2D eigenvalue weighted by atomic mass is 9.97. The van der Waals surface area contributed by atoms with Crippen molar-refractivity contribution in [2.75, 3.05) is 6.61 Å². The van der Waals surface area contributed by atoms with Gasteiger partial charge in [-0.2, -0.15) is 5.10 Å². The van der Waals surface area contributed by atoms with Crippen LogP contribution in [0, 0.1) is 0 Å². The first-order valence-electron chi connectivity index (χ1n) is 9.42. The van der Waals surface area contributed by atoms with Gasteiger partial charge in [-0.05, 0) is 46.1 Å². The second-order valence-corrected chi connectivity index (χ2v) is 7.02. The molecule has 0 saturated carbocycles. The number of aryl methyl sites for hydroxylation is 1. The van der Waals surface area contributed by atoms with Gasteiger partial charge in [0.05, 0.1) is 5.39 Å². The van der Waals surface area contributed by atoms with E-state index in [1.165, 1.54) is 4.68 Å².